The van der Waals surface area contributed by atoms with Gasteiger partial charge in [-0.25, -0.2) is 8.78 Å². The fraction of sp³-hybridized carbons (Fsp3) is 0.556. The molecule has 0 nitrogen and oxygen atoms in total. The van der Waals surface area contributed by atoms with E-state index in [1.165, 1.54) is 50.7 Å². The van der Waals surface area contributed by atoms with Crippen LogP contribution in [0.25, 0.3) is 11.1 Å². The average Bonchev–Trinajstić information content (AvgIpc) is 2.76. The van der Waals surface area contributed by atoms with Crippen LogP contribution in [0.1, 0.15) is 81.8 Å². The number of fused-ring (bicyclic) bond motifs is 1. The summed E-state index contributed by atoms with van der Waals surface area (Å²) in [5.74, 6) is 0.949. The van der Waals surface area contributed by atoms with Gasteiger partial charge < -0.3 is 0 Å². The third-order valence-electron chi connectivity index (χ3n) is 7.72. The topological polar surface area (TPSA) is 0 Å². The van der Waals surface area contributed by atoms with Crippen LogP contribution >= 0.6 is 0 Å². The van der Waals surface area contributed by atoms with Crippen molar-refractivity contribution >= 4 is 0 Å². The van der Waals surface area contributed by atoms with E-state index in [0.717, 1.165) is 55.4 Å². The summed E-state index contributed by atoms with van der Waals surface area (Å²) in [7, 11) is 0. The Morgan fingerprint density at radius 2 is 1.47 bits per heavy atom. The Balaban J connectivity index is 1.47. The van der Waals surface area contributed by atoms with Gasteiger partial charge in [0.05, 0.1) is 11.1 Å². The highest BCUT2D eigenvalue weighted by molar-refractivity contribution is 5.66. The largest absolute Gasteiger partial charge is 0.416 e. The van der Waals surface area contributed by atoms with E-state index in [9.17, 15) is 22.0 Å². The molecule has 32 heavy (non-hydrogen) atoms. The van der Waals surface area contributed by atoms with Gasteiger partial charge in [-0.2, -0.15) is 13.2 Å². The molecule has 0 radical (unpaired) electrons. The fourth-order valence-electron chi connectivity index (χ4n) is 5.97. The van der Waals surface area contributed by atoms with Gasteiger partial charge in [-0.3, -0.25) is 0 Å². The Kier molecular flexibility index (Phi) is 6.92. The summed E-state index contributed by atoms with van der Waals surface area (Å²) in [6.07, 6.45) is 6.20. The fourth-order valence-corrected chi connectivity index (χ4v) is 5.97. The van der Waals surface area contributed by atoms with E-state index in [4.69, 9.17) is 0 Å². The zero-order valence-electron chi connectivity index (χ0n) is 18.5. The highest BCUT2D eigenvalue weighted by Crippen LogP contribution is 2.49. The lowest BCUT2D eigenvalue weighted by Crippen LogP contribution is -2.30. The van der Waals surface area contributed by atoms with Crippen LogP contribution in [0.3, 0.4) is 0 Å². The summed E-state index contributed by atoms with van der Waals surface area (Å²) >= 11 is 0. The van der Waals surface area contributed by atoms with Crippen molar-refractivity contribution in [2.75, 3.05) is 0 Å². The third-order valence-corrected chi connectivity index (χ3v) is 7.72. The molecule has 2 aliphatic carbocycles. The number of rotatable bonds is 5. The normalized spacial score (nSPS) is 26.1. The van der Waals surface area contributed by atoms with Crippen molar-refractivity contribution in [1.82, 2.24) is 0 Å². The van der Waals surface area contributed by atoms with Crippen LogP contribution in [0.2, 0.25) is 0 Å². The Morgan fingerprint density at radius 1 is 0.844 bits per heavy atom. The van der Waals surface area contributed by atoms with Gasteiger partial charge >= 0.3 is 6.18 Å². The van der Waals surface area contributed by atoms with Gasteiger partial charge in [0.15, 0.2) is 0 Å². The molecule has 2 saturated carbocycles. The van der Waals surface area contributed by atoms with Crippen LogP contribution in [0.15, 0.2) is 36.4 Å². The van der Waals surface area contributed by atoms with Gasteiger partial charge in [-0.05, 0) is 91.2 Å². The summed E-state index contributed by atoms with van der Waals surface area (Å²) in [6.45, 7) is 2.23. The highest BCUT2D eigenvalue weighted by Gasteiger charge is 2.36. The van der Waals surface area contributed by atoms with Crippen molar-refractivity contribution < 1.29 is 22.0 Å². The first-order chi connectivity index (χ1) is 15.3. The van der Waals surface area contributed by atoms with Crippen LogP contribution < -0.4 is 0 Å². The van der Waals surface area contributed by atoms with Crippen LogP contribution in [0.5, 0.6) is 0 Å². The van der Waals surface area contributed by atoms with E-state index in [-0.39, 0.29) is 17.0 Å². The van der Waals surface area contributed by atoms with Crippen molar-refractivity contribution in [3.63, 3.8) is 0 Å². The maximum Gasteiger partial charge on any atom is 0.416 e. The second kappa shape index (κ2) is 9.52. The summed E-state index contributed by atoms with van der Waals surface area (Å²) < 4.78 is 68.2. The minimum Gasteiger partial charge on any atom is -0.206 e. The molecular formula is C27H31F5. The predicted octanol–water partition coefficient (Wildman–Crippen LogP) is 9.14. The van der Waals surface area contributed by atoms with Crippen molar-refractivity contribution in [3.05, 3.63) is 59.2 Å². The van der Waals surface area contributed by atoms with E-state index in [0.29, 0.717) is 11.5 Å². The molecule has 2 aromatic rings. The first-order valence-electron chi connectivity index (χ1n) is 11.9. The van der Waals surface area contributed by atoms with Crippen molar-refractivity contribution in [3.8, 4) is 11.1 Å². The summed E-state index contributed by atoms with van der Waals surface area (Å²) in [5.41, 5.74) is -0.289. The molecular weight excluding hydrogens is 419 g/mol. The molecule has 0 spiro atoms. The van der Waals surface area contributed by atoms with E-state index in [1.807, 2.05) is 0 Å². The first kappa shape index (κ1) is 23.3. The second-order valence-electron chi connectivity index (χ2n) is 9.79. The molecule has 2 fully saturated rings. The van der Waals surface area contributed by atoms with E-state index >= 15 is 0 Å². The lowest BCUT2D eigenvalue weighted by molar-refractivity contribution is -0.137. The molecule has 4 atom stereocenters. The standard InChI is InChI=1S/C27H31F5/c1-2-3-4-17-5-6-20-14-21(8-7-19(20)13-17)22-15-24(28)26(25(29)16-22)18-9-11-23(12-10-18)27(30,31)32/h9-12,15-17,19-21H,2-8,13-14H2,1H3/t17?,19-,20-,21-/m1/s1. The van der Waals surface area contributed by atoms with Gasteiger partial charge in [-0.1, -0.05) is 44.7 Å². The average molecular weight is 451 g/mol. The molecule has 5 heteroatoms. The van der Waals surface area contributed by atoms with Crippen LogP contribution in [0, 0.1) is 29.4 Å². The van der Waals surface area contributed by atoms with Crippen molar-refractivity contribution in [2.45, 2.75) is 76.8 Å². The number of hydrogen-bond acceptors (Lipinski definition) is 0. The smallest absolute Gasteiger partial charge is 0.206 e. The third kappa shape index (κ3) is 5.02. The van der Waals surface area contributed by atoms with Crippen molar-refractivity contribution in [2.24, 2.45) is 17.8 Å². The molecule has 0 saturated heterocycles. The zero-order valence-corrected chi connectivity index (χ0v) is 18.5. The molecule has 2 aromatic carbocycles. The number of unbranched alkanes of at least 4 members (excludes halogenated alkanes) is 1. The Labute approximate surface area is 187 Å². The minimum atomic E-state index is -4.48. The summed E-state index contributed by atoms with van der Waals surface area (Å²) in [6, 6.07) is 6.78. The quantitative estimate of drug-likeness (QED) is 0.398. The summed E-state index contributed by atoms with van der Waals surface area (Å²) in [4.78, 5) is 0. The molecule has 174 valence electrons. The molecule has 0 N–H and O–H groups in total. The van der Waals surface area contributed by atoms with E-state index in [1.54, 1.807) is 0 Å². The number of hydrogen-bond donors (Lipinski definition) is 0. The van der Waals surface area contributed by atoms with Crippen LogP contribution in [0.4, 0.5) is 22.0 Å². The lowest BCUT2D eigenvalue weighted by Gasteiger charge is -2.42. The molecule has 0 amide bonds. The van der Waals surface area contributed by atoms with Crippen LogP contribution in [-0.4, -0.2) is 0 Å². The molecule has 0 bridgehead atoms. The van der Waals surface area contributed by atoms with E-state index < -0.39 is 23.4 Å². The maximum atomic E-state index is 14.9. The second-order valence-corrected chi connectivity index (χ2v) is 9.79. The summed E-state index contributed by atoms with van der Waals surface area (Å²) in [5, 5.41) is 0. The predicted molar refractivity (Wildman–Crippen MR) is 117 cm³/mol. The van der Waals surface area contributed by atoms with Gasteiger partial charge in [0, 0.05) is 0 Å². The molecule has 4 rings (SSSR count). The molecule has 0 heterocycles. The number of alkyl halides is 3. The molecule has 0 aliphatic heterocycles. The van der Waals surface area contributed by atoms with E-state index in [2.05, 4.69) is 6.92 Å². The maximum absolute atomic E-state index is 14.9. The van der Waals surface area contributed by atoms with Gasteiger partial charge in [0.25, 0.3) is 0 Å². The SMILES string of the molecule is CCCCC1CC[C@@H]2C[C@H](c3cc(F)c(-c4ccc(C(F)(F)F)cc4)c(F)c3)CC[C@@H]2C1. The van der Waals surface area contributed by atoms with Gasteiger partial charge in [0.2, 0.25) is 0 Å². The molecule has 1 unspecified atom stereocenters. The van der Waals surface area contributed by atoms with Crippen molar-refractivity contribution in [1.29, 1.82) is 0 Å². The van der Waals surface area contributed by atoms with Gasteiger partial charge in [0.1, 0.15) is 11.6 Å². The first-order valence-corrected chi connectivity index (χ1v) is 11.9. The van der Waals surface area contributed by atoms with Crippen LogP contribution in [-0.2, 0) is 6.18 Å². The molecule has 2 aliphatic rings. The number of benzene rings is 2. The monoisotopic (exact) mass is 450 g/mol. The number of halogens is 5. The Bertz CT molecular complexity index is 892. The highest BCUT2D eigenvalue weighted by atomic mass is 19.4. The molecule has 0 aromatic heterocycles. The zero-order chi connectivity index (χ0) is 22.9. The minimum absolute atomic E-state index is 0.119. The Morgan fingerprint density at radius 3 is 2.09 bits per heavy atom. The lowest BCUT2D eigenvalue weighted by atomic mass is 9.63. The Hall–Kier alpha value is -1.91. The van der Waals surface area contributed by atoms with Gasteiger partial charge in [-0.15, -0.1) is 0 Å².